The van der Waals surface area contributed by atoms with Gasteiger partial charge in [0.15, 0.2) is 0 Å². The molecule has 1 N–H and O–H groups in total. The second-order valence-corrected chi connectivity index (χ2v) is 5.80. The van der Waals surface area contributed by atoms with Crippen molar-refractivity contribution in [2.45, 2.75) is 45.6 Å². The Morgan fingerprint density at radius 3 is 3.00 bits per heavy atom. The molecular weight excluding hydrogens is 290 g/mol. The van der Waals surface area contributed by atoms with E-state index in [2.05, 4.69) is 40.3 Å². The molecule has 0 radical (unpaired) electrons. The molecule has 3 heteroatoms. The summed E-state index contributed by atoms with van der Waals surface area (Å²) in [5.41, 5.74) is 2.62. The predicted molar refractivity (Wildman–Crippen MR) is 79.2 cm³/mol. The van der Waals surface area contributed by atoms with Gasteiger partial charge in [0.1, 0.15) is 5.75 Å². The maximum absolute atomic E-state index is 5.72. The molecule has 100 valence electrons. The minimum absolute atomic E-state index is 0.829. The lowest BCUT2D eigenvalue weighted by Crippen LogP contribution is -2.15. The molecule has 1 aromatic rings. The molecule has 0 amide bonds. The van der Waals surface area contributed by atoms with Crippen LogP contribution in [0.25, 0.3) is 0 Å². The maximum atomic E-state index is 5.72. The van der Waals surface area contributed by atoms with Gasteiger partial charge in [-0.2, -0.15) is 0 Å². The molecule has 18 heavy (non-hydrogen) atoms. The highest BCUT2D eigenvalue weighted by Crippen LogP contribution is 2.32. The fourth-order valence-corrected chi connectivity index (χ4v) is 2.93. The average molecular weight is 312 g/mol. The molecule has 1 aromatic carbocycles. The van der Waals surface area contributed by atoms with Crippen LogP contribution < -0.4 is 10.1 Å². The third-order valence-electron chi connectivity index (χ3n) is 3.35. The number of hydrogen-bond acceptors (Lipinski definition) is 2. The minimum Gasteiger partial charge on any atom is -0.493 e. The first-order valence-electron chi connectivity index (χ1n) is 6.96. The number of ether oxygens (including phenoxy) is 1. The molecule has 2 nitrogen and oxygen atoms in total. The van der Waals surface area contributed by atoms with Gasteiger partial charge in [0.2, 0.25) is 0 Å². The third kappa shape index (κ3) is 3.72. The monoisotopic (exact) mass is 311 g/mol. The summed E-state index contributed by atoms with van der Waals surface area (Å²) in [6.45, 7) is 5.08. The molecule has 0 aliphatic carbocycles. The molecule has 0 fully saturated rings. The Kier molecular flexibility index (Phi) is 5.51. The highest BCUT2D eigenvalue weighted by Gasteiger charge is 2.16. The van der Waals surface area contributed by atoms with Gasteiger partial charge in [0, 0.05) is 23.0 Å². The van der Waals surface area contributed by atoms with E-state index >= 15 is 0 Å². The van der Waals surface area contributed by atoms with Crippen LogP contribution in [0.3, 0.4) is 0 Å². The molecule has 2 rings (SSSR count). The normalized spacial score (nSPS) is 13.4. The summed E-state index contributed by atoms with van der Waals surface area (Å²) < 4.78 is 6.88. The largest absolute Gasteiger partial charge is 0.493 e. The van der Waals surface area contributed by atoms with Gasteiger partial charge in [0.05, 0.1) is 6.61 Å². The second-order valence-electron chi connectivity index (χ2n) is 4.89. The van der Waals surface area contributed by atoms with E-state index in [-0.39, 0.29) is 0 Å². The summed E-state index contributed by atoms with van der Waals surface area (Å²) in [4.78, 5) is 0. The zero-order chi connectivity index (χ0) is 12.8. The van der Waals surface area contributed by atoms with Crippen LogP contribution in [-0.2, 0) is 13.0 Å². The minimum atomic E-state index is 0.829. The second kappa shape index (κ2) is 7.15. The van der Waals surface area contributed by atoms with E-state index in [1.165, 1.54) is 36.8 Å². The van der Waals surface area contributed by atoms with E-state index in [1.807, 2.05) is 0 Å². The third-order valence-corrected chi connectivity index (χ3v) is 3.81. The molecule has 0 aromatic heterocycles. The molecular formula is C15H22BrNO. The first-order chi connectivity index (χ1) is 8.81. The Morgan fingerprint density at radius 2 is 2.17 bits per heavy atom. The summed E-state index contributed by atoms with van der Waals surface area (Å²) in [6.07, 6.45) is 6.28. The maximum Gasteiger partial charge on any atom is 0.127 e. The van der Waals surface area contributed by atoms with E-state index in [4.69, 9.17) is 4.74 Å². The van der Waals surface area contributed by atoms with E-state index in [9.17, 15) is 0 Å². The lowest BCUT2D eigenvalue weighted by atomic mass is 10.1. The molecule has 0 saturated carbocycles. The number of fused-ring (bicyclic) bond motifs is 1. The van der Waals surface area contributed by atoms with Gasteiger partial charge in [-0.3, -0.25) is 0 Å². The van der Waals surface area contributed by atoms with Gasteiger partial charge in [-0.05, 0) is 30.7 Å². The Hall–Kier alpha value is -0.540. The van der Waals surface area contributed by atoms with Gasteiger partial charge in [-0.1, -0.05) is 42.1 Å². The van der Waals surface area contributed by atoms with Crippen LogP contribution in [-0.4, -0.2) is 13.2 Å². The Morgan fingerprint density at radius 1 is 1.28 bits per heavy atom. The number of rotatable bonds is 7. The van der Waals surface area contributed by atoms with Crippen molar-refractivity contribution in [2.24, 2.45) is 0 Å². The fraction of sp³-hybridized carbons (Fsp3) is 0.600. The fourth-order valence-electron chi connectivity index (χ4n) is 2.38. The number of unbranched alkanes of at least 4 members (excludes halogenated alkanes) is 3. The molecule has 0 saturated heterocycles. The van der Waals surface area contributed by atoms with Crippen LogP contribution in [0.2, 0.25) is 0 Å². The van der Waals surface area contributed by atoms with Crippen LogP contribution >= 0.6 is 15.9 Å². The summed E-state index contributed by atoms with van der Waals surface area (Å²) in [5.74, 6) is 1.11. The quantitative estimate of drug-likeness (QED) is 0.767. The summed E-state index contributed by atoms with van der Waals surface area (Å²) in [5, 5.41) is 3.52. The van der Waals surface area contributed by atoms with Crippen molar-refractivity contribution in [3.63, 3.8) is 0 Å². The highest BCUT2D eigenvalue weighted by molar-refractivity contribution is 9.10. The van der Waals surface area contributed by atoms with E-state index in [0.29, 0.717) is 0 Å². The summed E-state index contributed by atoms with van der Waals surface area (Å²) >= 11 is 3.58. The molecule has 0 atom stereocenters. The number of benzene rings is 1. The Balaban J connectivity index is 1.82. The van der Waals surface area contributed by atoms with Crippen molar-refractivity contribution < 1.29 is 4.74 Å². The number of hydrogen-bond donors (Lipinski definition) is 1. The number of nitrogens with one attached hydrogen (secondary N) is 1. The molecule has 0 unspecified atom stereocenters. The topological polar surface area (TPSA) is 21.3 Å². The van der Waals surface area contributed by atoms with E-state index in [0.717, 1.165) is 36.3 Å². The number of halogens is 1. The lowest BCUT2D eigenvalue weighted by molar-refractivity contribution is 0.352. The van der Waals surface area contributed by atoms with Gasteiger partial charge >= 0.3 is 0 Å². The first-order valence-corrected chi connectivity index (χ1v) is 7.75. The Bertz CT molecular complexity index is 392. The molecule has 1 aliphatic rings. The zero-order valence-electron chi connectivity index (χ0n) is 11.1. The summed E-state index contributed by atoms with van der Waals surface area (Å²) in [6, 6.07) is 4.34. The zero-order valence-corrected chi connectivity index (χ0v) is 12.7. The first kappa shape index (κ1) is 13.9. The van der Waals surface area contributed by atoms with Crippen LogP contribution in [0.15, 0.2) is 16.6 Å². The van der Waals surface area contributed by atoms with Crippen molar-refractivity contribution in [1.82, 2.24) is 5.32 Å². The van der Waals surface area contributed by atoms with Gasteiger partial charge in [0.25, 0.3) is 0 Å². The van der Waals surface area contributed by atoms with Crippen molar-refractivity contribution >= 4 is 15.9 Å². The highest BCUT2D eigenvalue weighted by atomic mass is 79.9. The van der Waals surface area contributed by atoms with Crippen molar-refractivity contribution in [2.75, 3.05) is 13.2 Å². The average Bonchev–Trinajstić information content (AvgIpc) is 2.81. The smallest absolute Gasteiger partial charge is 0.127 e. The van der Waals surface area contributed by atoms with Crippen LogP contribution in [0.5, 0.6) is 5.75 Å². The molecule has 1 heterocycles. The van der Waals surface area contributed by atoms with Crippen molar-refractivity contribution in [3.8, 4) is 5.75 Å². The predicted octanol–water partition coefficient (Wildman–Crippen LogP) is 4.05. The van der Waals surface area contributed by atoms with Crippen molar-refractivity contribution in [3.05, 3.63) is 27.7 Å². The van der Waals surface area contributed by atoms with E-state index in [1.54, 1.807) is 0 Å². The van der Waals surface area contributed by atoms with Crippen LogP contribution in [0.4, 0.5) is 0 Å². The van der Waals surface area contributed by atoms with E-state index < -0.39 is 0 Å². The van der Waals surface area contributed by atoms with Crippen molar-refractivity contribution in [1.29, 1.82) is 0 Å². The van der Waals surface area contributed by atoms with Gasteiger partial charge in [-0.25, -0.2) is 0 Å². The SMILES string of the molecule is CCCCCCNCc1cc(Br)cc2c1OCC2. The summed E-state index contributed by atoms with van der Waals surface area (Å²) in [7, 11) is 0. The van der Waals surface area contributed by atoms with Gasteiger partial charge < -0.3 is 10.1 Å². The standard InChI is InChI=1S/C15H22BrNO/c1-2-3-4-5-7-17-11-13-10-14(16)9-12-6-8-18-15(12)13/h9-10,17H,2-8,11H2,1H3. The molecule has 0 bridgehead atoms. The van der Waals surface area contributed by atoms with Gasteiger partial charge in [-0.15, -0.1) is 0 Å². The van der Waals surface area contributed by atoms with Crippen LogP contribution in [0, 0.1) is 0 Å². The lowest BCUT2D eigenvalue weighted by Gasteiger charge is -2.10. The Labute approximate surface area is 118 Å². The molecule has 0 spiro atoms. The molecule has 1 aliphatic heterocycles. The van der Waals surface area contributed by atoms with Crippen LogP contribution in [0.1, 0.15) is 43.7 Å².